The van der Waals surface area contributed by atoms with Crippen molar-refractivity contribution >= 4 is 11.8 Å². The number of H-pyrrole nitrogens is 1. The minimum absolute atomic E-state index is 0.141. The Morgan fingerprint density at radius 3 is 2.92 bits per heavy atom. The Balaban J connectivity index is 1.53. The molecule has 3 heterocycles. The lowest BCUT2D eigenvalue weighted by molar-refractivity contribution is -0.129. The molecule has 3 rings (SSSR count). The zero-order valence-electron chi connectivity index (χ0n) is 13.8. The third kappa shape index (κ3) is 3.93. The van der Waals surface area contributed by atoms with Crippen LogP contribution >= 0.6 is 0 Å². The topological polar surface area (TPSA) is 116 Å². The minimum atomic E-state index is -0.534. The highest BCUT2D eigenvalue weighted by Crippen LogP contribution is 2.26. The van der Waals surface area contributed by atoms with E-state index in [0.717, 1.165) is 44.6 Å². The van der Waals surface area contributed by atoms with Gasteiger partial charge >= 0.3 is 0 Å². The number of rotatable bonds is 6. The lowest BCUT2D eigenvalue weighted by Crippen LogP contribution is -2.44. The van der Waals surface area contributed by atoms with Gasteiger partial charge in [0.25, 0.3) is 5.91 Å². The molecule has 2 atom stereocenters. The Labute approximate surface area is 141 Å². The molecular weight excluding hydrogens is 310 g/mol. The van der Waals surface area contributed by atoms with Gasteiger partial charge in [-0.1, -0.05) is 0 Å². The summed E-state index contributed by atoms with van der Waals surface area (Å²) >= 11 is 0. The number of piperidine rings is 1. The molecule has 132 valence electrons. The standard InChI is InChI=1S/C16H25N5O3/c17-16(24)14-7-13(18-19-14)11-3-1-5-20(8-11)9-12(22)10-21-6-2-4-15(21)23/h7,11-12,22H,1-6,8-10H2,(H2,17,24)(H,18,19). The predicted octanol–water partition coefficient (Wildman–Crippen LogP) is -0.329. The lowest BCUT2D eigenvalue weighted by Gasteiger charge is -2.34. The van der Waals surface area contributed by atoms with E-state index in [1.165, 1.54) is 0 Å². The quantitative estimate of drug-likeness (QED) is 0.658. The predicted molar refractivity (Wildman–Crippen MR) is 87.3 cm³/mol. The van der Waals surface area contributed by atoms with E-state index < -0.39 is 12.0 Å². The average molecular weight is 335 g/mol. The van der Waals surface area contributed by atoms with Gasteiger partial charge in [-0.25, -0.2) is 0 Å². The van der Waals surface area contributed by atoms with Gasteiger partial charge in [0, 0.05) is 44.2 Å². The molecule has 8 nitrogen and oxygen atoms in total. The number of β-amino-alcohol motifs (C(OH)–C–C–N with tert-alkyl or cyclic N) is 1. The largest absolute Gasteiger partial charge is 0.390 e. The van der Waals surface area contributed by atoms with Crippen molar-refractivity contribution in [2.75, 3.05) is 32.7 Å². The number of hydrogen-bond acceptors (Lipinski definition) is 5. The van der Waals surface area contributed by atoms with Gasteiger partial charge in [0.05, 0.1) is 6.10 Å². The highest BCUT2D eigenvalue weighted by molar-refractivity contribution is 5.90. The van der Waals surface area contributed by atoms with Crippen molar-refractivity contribution in [3.05, 3.63) is 17.5 Å². The van der Waals surface area contributed by atoms with Crippen LogP contribution in [0.15, 0.2) is 6.07 Å². The first-order valence-corrected chi connectivity index (χ1v) is 8.56. The molecule has 2 saturated heterocycles. The molecule has 24 heavy (non-hydrogen) atoms. The van der Waals surface area contributed by atoms with Crippen LogP contribution in [0.4, 0.5) is 0 Å². The molecule has 1 aromatic heterocycles. The Kier molecular flexibility index (Phi) is 5.15. The minimum Gasteiger partial charge on any atom is -0.390 e. The highest BCUT2D eigenvalue weighted by atomic mass is 16.3. The number of aliphatic hydroxyl groups excluding tert-OH is 1. The van der Waals surface area contributed by atoms with Crippen molar-refractivity contribution in [2.24, 2.45) is 5.73 Å². The first-order chi connectivity index (χ1) is 11.5. The number of carbonyl (C=O) groups is 2. The van der Waals surface area contributed by atoms with E-state index in [2.05, 4.69) is 15.1 Å². The number of nitrogens with zero attached hydrogens (tertiary/aromatic N) is 3. The maximum Gasteiger partial charge on any atom is 0.269 e. The van der Waals surface area contributed by atoms with Gasteiger partial charge in [-0.3, -0.25) is 14.7 Å². The van der Waals surface area contributed by atoms with Crippen molar-refractivity contribution in [3.63, 3.8) is 0 Å². The molecule has 0 aliphatic carbocycles. The summed E-state index contributed by atoms with van der Waals surface area (Å²) in [6.45, 7) is 3.44. The molecule has 0 bridgehead atoms. The number of carbonyl (C=O) groups excluding carboxylic acids is 2. The van der Waals surface area contributed by atoms with E-state index in [0.29, 0.717) is 19.5 Å². The molecule has 0 radical (unpaired) electrons. The van der Waals surface area contributed by atoms with Crippen molar-refractivity contribution in [2.45, 2.75) is 37.7 Å². The molecule has 2 aliphatic heterocycles. The Morgan fingerprint density at radius 2 is 2.25 bits per heavy atom. The Bertz CT molecular complexity index is 602. The first-order valence-electron chi connectivity index (χ1n) is 8.56. The monoisotopic (exact) mass is 335 g/mol. The van der Waals surface area contributed by atoms with E-state index in [4.69, 9.17) is 5.73 Å². The number of aromatic amines is 1. The van der Waals surface area contributed by atoms with E-state index in [-0.39, 0.29) is 17.5 Å². The van der Waals surface area contributed by atoms with Crippen LogP contribution in [0.5, 0.6) is 0 Å². The van der Waals surface area contributed by atoms with E-state index in [9.17, 15) is 14.7 Å². The highest BCUT2D eigenvalue weighted by Gasteiger charge is 2.27. The molecular formula is C16H25N5O3. The lowest BCUT2D eigenvalue weighted by atomic mass is 9.94. The van der Waals surface area contributed by atoms with Crippen LogP contribution in [-0.4, -0.2) is 75.7 Å². The number of aliphatic hydroxyl groups is 1. The van der Waals surface area contributed by atoms with Gasteiger partial charge in [-0.15, -0.1) is 0 Å². The fraction of sp³-hybridized carbons (Fsp3) is 0.688. The van der Waals surface area contributed by atoms with E-state index in [1.54, 1.807) is 11.0 Å². The smallest absolute Gasteiger partial charge is 0.269 e. The van der Waals surface area contributed by atoms with E-state index >= 15 is 0 Å². The number of hydrogen-bond donors (Lipinski definition) is 3. The van der Waals surface area contributed by atoms with Gasteiger partial charge in [0.2, 0.25) is 5.91 Å². The fourth-order valence-electron chi connectivity index (χ4n) is 3.65. The first kappa shape index (κ1) is 16.9. The zero-order valence-corrected chi connectivity index (χ0v) is 13.8. The molecule has 4 N–H and O–H groups in total. The van der Waals surface area contributed by atoms with Crippen molar-refractivity contribution in [1.82, 2.24) is 20.0 Å². The summed E-state index contributed by atoms with van der Waals surface area (Å²) in [5.41, 5.74) is 6.42. The van der Waals surface area contributed by atoms with Crippen LogP contribution in [0, 0.1) is 0 Å². The summed E-state index contributed by atoms with van der Waals surface area (Å²) in [5, 5.41) is 17.1. The maximum atomic E-state index is 11.6. The van der Waals surface area contributed by atoms with Crippen LogP contribution in [0.1, 0.15) is 47.8 Å². The van der Waals surface area contributed by atoms with Crippen LogP contribution in [-0.2, 0) is 4.79 Å². The summed E-state index contributed by atoms with van der Waals surface area (Å²) in [5.74, 6) is -0.141. The van der Waals surface area contributed by atoms with Gasteiger partial charge < -0.3 is 20.6 Å². The van der Waals surface area contributed by atoms with Crippen LogP contribution < -0.4 is 5.73 Å². The second-order valence-electron chi connectivity index (χ2n) is 6.77. The molecule has 2 aliphatic rings. The number of likely N-dealkylation sites (tertiary alicyclic amines) is 2. The molecule has 8 heteroatoms. The fourth-order valence-corrected chi connectivity index (χ4v) is 3.65. The van der Waals surface area contributed by atoms with Crippen molar-refractivity contribution in [3.8, 4) is 0 Å². The number of amides is 2. The normalized spacial score (nSPS) is 23.6. The molecule has 2 unspecified atom stereocenters. The Morgan fingerprint density at radius 1 is 1.42 bits per heavy atom. The number of nitrogens with one attached hydrogen (secondary N) is 1. The van der Waals surface area contributed by atoms with Crippen LogP contribution in [0.25, 0.3) is 0 Å². The molecule has 0 saturated carbocycles. The van der Waals surface area contributed by atoms with Crippen molar-refractivity contribution < 1.29 is 14.7 Å². The summed E-state index contributed by atoms with van der Waals surface area (Å²) in [6, 6.07) is 1.72. The average Bonchev–Trinajstić information content (AvgIpc) is 3.17. The van der Waals surface area contributed by atoms with Gasteiger partial charge in [-0.05, 0) is 31.9 Å². The molecule has 0 aromatic carbocycles. The van der Waals surface area contributed by atoms with Crippen LogP contribution in [0.2, 0.25) is 0 Å². The second-order valence-corrected chi connectivity index (χ2v) is 6.77. The third-order valence-corrected chi connectivity index (χ3v) is 4.87. The van der Waals surface area contributed by atoms with Crippen molar-refractivity contribution in [1.29, 1.82) is 0 Å². The summed E-state index contributed by atoms with van der Waals surface area (Å²) in [6.07, 6.45) is 2.98. The summed E-state index contributed by atoms with van der Waals surface area (Å²) < 4.78 is 0. The molecule has 0 spiro atoms. The van der Waals surface area contributed by atoms with Gasteiger partial charge in [0.1, 0.15) is 5.69 Å². The molecule has 1 aromatic rings. The maximum absolute atomic E-state index is 11.6. The number of primary amides is 1. The summed E-state index contributed by atoms with van der Waals surface area (Å²) in [4.78, 5) is 26.8. The second kappa shape index (κ2) is 7.31. The Hall–Kier alpha value is -1.93. The zero-order chi connectivity index (χ0) is 17.1. The van der Waals surface area contributed by atoms with Gasteiger partial charge in [-0.2, -0.15) is 5.10 Å². The molecule has 2 amide bonds. The van der Waals surface area contributed by atoms with Crippen LogP contribution in [0.3, 0.4) is 0 Å². The number of aromatic nitrogens is 2. The SMILES string of the molecule is NC(=O)c1cc(C2CCCN(CC(O)CN3CCCC3=O)C2)[nH]n1. The third-order valence-electron chi connectivity index (χ3n) is 4.87. The molecule has 2 fully saturated rings. The van der Waals surface area contributed by atoms with E-state index in [1.807, 2.05) is 0 Å². The van der Waals surface area contributed by atoms with Gasteiger partial charge in [0.15, 0.2) is 0 Å². The summed E-state index contributed by atoms with van der Waals surface area (Å²) in [7, 11) is 0. The number of nitrogens with two attached hydrogens (primary N) is 1.